The zero-order chi connectivity index (χ0) is 23.8. The molecule has 0 rings (SSSR count). The Labute approximate surface area is 179 Å². The minimum Gasteiger partial charge on any atom is -0.460 e. The van der Waals surface area contributed by atoms with Crippen molar-refractivity contribution in [2.45, 2.75) is 85.5 Å². The Morgan fingerprint density at radius 1 is 0.867 bits per heavy atom. The van der Waals surface area contributed by atoms with Crippen molar-refractivity contribution < 1.29 is 42.3 Å². The van der Waals surface area contributed by atoms with Crippen molar-refractivity contribution >= 4 is 19.9 Å². The maximum atomic E-state index is 12.9. The van der Waals surface area contributed by atoms with E-state index in [9.17, 15) is 14.2 Å². The number of ether oxygens (including phenoxy) is 2. The van der Waals surface area contributed by atoms with Gasteiger partial charge < -0.3 is 19.5 Å². The second kappa shape index (κ2) is 11.4. The average molecular weight is 455 g/mol. The first kappa shape index (κ1) is 28.8. The summed E-state index contributed by atoms with van der Waals surface area (Å²) in [5.74, 6) is -0.490. The molecule has 0 bridgehead atoms. The van der Waals surface area contributed by atoms with Gasteiger partial charge >= 0.3 is 19.9 Å². The van der Waals surface area contributed by atoms with Crippen LogP contribution < -0.4 is 0 Å². The lowest BCUT2D eigenvalue weighted by Crippen LogP contribution is -2.37. The highest BCUT2D eigenvalue weighted by molar-refractivity contribution is 7.48. The topological polar surface area (TPSA) is 121 Å². The van der Waals surface area contributed by atoms with Gasteiger partial charge in [0.15, 0.2) is 0 Å². The van der Waals surface area contributed by atoms with Gasteiger partial charge in [-0.05, 0) is 62.3 Å². The fraction of sp³-hybridized carbons (Fsp3) is 0.895. The lowest BCUT2D eigenvalue weighted by atomic mass is 10.2. The van der Waals surface area contributed by atoms with Gasteiger partial charge in [-0.25, -0.2) is 13.9 Å². The zero-order valence-electron chi connectivity index (χ0n) is 19.6. The van der Waals surface area contributed by atoms with Crippen molar-refractivity contribution in [2.75, 3.05) is 26.5 Å². The van der Waals surface area contributed by atoms with Crippen LogP contribution >= 0.6 is 7.82 Å². The van der Waals surface area contributed by atoms with Crippen molar-refractivity contribution in [3.63, 3.8) is 0 Å². The molecule has 0 saturated heterocycles. The molecular weight excluding hydrogens is 417 g/mol. The molecule has 178 valence electrons. The molecule has 0 fully saturated rings. The van der Waals surface area contributed by atoms with E-state index in [-0.39, 0.29) is 26.1 Å². The summed E-state index contributed by atoms with van der Waals surface area (Å²) in [4.78, 5) is 25.2. The number of hydrogen-bond acceptors (Lipinski definition) is 9. The number of nitrogens with zero attached hydrogens (tertiary/aromatic N) is 1. The smallest absolute Gasteiger partial charge is 0.460 e. The summed E-state index contributed by atoms with van der Waals surface area (Å²) in [6, 6.07) is 0. The summed E-state index contributed by atoms with van der Waals surface area (Å²) in [6.07, 6.45) is -0.933. The molecule has 30 heavy (non-hydrogen) atoms. The van der Waals surface area contributed by atoms with E-state index in [1.165, 1.54) is 0 Å². The number of carbonyl (C=O) groups excluding carboxylic acids is 2. The molecule has 10 nitrogen and oxygen atoms in total. The molecule has 1 N–H and O–H groups in total. The predicted molar refractivity (Wildman–Crippen MR) is 111 cm³/mol. The molecule has 0 aliphatic rings. The van der Waals surface area contributed by atoms with Crippen molar-refractivity contribution in [3.8, 4) is 0 Å². The van der Waals surface area contributed by atoms with Crippen LogP contribution in [0.15, 0.2) is 0 Å². The van der Waals surface area contributed by atoms with E-state index in [1.807, 2.05) is 0 Å². The SMILES string of the molecule is CC(C)(C)OC(=O)CCN(CCO)C(=O)OCOP(=O)(OC(C)(C)C)OC(C)(C)C. The lowest BCUT2D eigenvalue weighted by Gasteiger charge is -2.30. The van der Waals surface area contributed by atoms with Gasteiger partial charge in [-0.15, -0.1) is 0 Å². The highest BCUT2D eigenvalue weighted by Gasteiger charge is 2.37. The van der Waals surface area contributed by atoms with Gasteiger partial charge in [0.2, 0.25) is 6.79 Å². The number of phosphoric acid groups is 1. The van der Waals surface area contributed by atoms with Crippen LogP contribution in [0.3, 0.4) is 0 Å². The maximum absolute atomic E-state index is 12.9. The molecular formula is C19H38NO9P. The van der Waals surface area contributed by atoms with Crippen LogP contribution in [-0.4, -0.2) is 65.4 Å². The van der Waals surface area contributed by atoms with Crippen LogP contribution in [0.1, 0.15) is 68.7 Å². The normalized spacial score (nSPS) is 13.1. The van der Waals surface area contributed by atoms with Gasteiger partial charge in [0, 0.05) is 13.1 Å². The Hall–Kier alpha value is -1.19. The third-order valence-corrected chi connectivity index (χ3v) is 4.76. The fourth-order valence-corrected chi connectivity index (χ4v) is 3.67. The average Bonchev–Trinajstić information content (AvgIpc) is 2.45. The summed E-state index contributed by atoms with van der Waals surface area (Å²) >= 11 is 0. The number of carbonyl (C=O) groups is 2. The summed E-state index contributed by atoms with van der Waals surface area (Å²) in [5, 5.41) is 9.17. The van der Waals surface area contributed by atoms with Crippen molar-refractivity contribution in [3.05, 3.63) is 0 Å². The second-order valence-electron chi connectivity index (χ2n) is 9.56. The first-order chi connectivity index (χ1) is 13.4. The first-order valence-corrected chi connectivity index (χ1v) is 11.2. The molecule has 0 aromatic rings. The van der Waals surface area contributed by atoms with E-state index in [1.54, 1.807) is 62.3 Å². The molecule has 0 radical (unpaired) electrons. The summed E-state index contributed by atoms with van der Waals surface area (Å²) < 4.78 is 39.1. The van der Waals surface area contributed by atoms with Gasteiger partial charge in [0.1, 0.15) is 5.60 Å². The monoisotopic (exact) mass is 455 g/mol. The van der Waals surface area contributed by atoms with E-state index in [2.05, 4.69) is 0 Å². The van der Waals surface area contributed by atoms with E-state index in [0.717, 1.165) is 4.90 Å². The minimum absolute atomic E-state index is 0.0249. The second-order valence-corrected chi connectivity index (χ2v) is 11.1. The van der Waals surface area contributed by atoms with E-state index in [4.69, 9.17) is 28.2 Å². The van der Waals surface area contributed by atoms with E-state index in [0.29, 0.717) is 0 Å². The van der Waals surface area contributed by atoms with Crippen LogP contribution in [0.2, 0.25) is 0 Å². The number of aliphatic hydroxyl groups is 1. The van der Waals surface area contributed by atoms with Crippen LogP contribution in [0.4, 0.5) is 4.79 Å². The quantitative estimate of drug-likeness (QED) is 0.297. The summed E-state index contributed by atoms with van der Waals surface area (Å²) in [6.45, 7) is 14.2. The third kappa shape index (κ3) is 14.7. The number of rotatable bonds is 10. The largest absolute Gasteiger partial charge is 0.478 e. The molecule has 11 heteroatoms. The van der Waals surface area contributed by atoms with Gasteiger partial charge in [-0.3, -0.25) is 13.8 Å². The highest BCUT2D eigenvalue weighted by Crippen LogP contribution is 2.55. The predicted octanol–water partition coefficient (Wildman–Crippen LogP) is 3.86. The summed E-state index contributed by atoms with van der Waals surface area (Å²) in [5.41, 5.74) is -2.31. The third-order valence-electron chi connectivity index (χ3n) is 2.80. The number of esters is 1. The standard InChI is InChI=1S/C19H38NO9P/c1-17(2,3)27-15(22)10-11-20(12-13-21)16(23)25-14-26-30(24,28-18(4,5)6)29-19(7,8)9/h21H,10-14H2,1-9H3. The Balaban J connectivity index is 4.88. The van der Waals surface area contributed by atoms with E-state index >= 15 is 0 Å². The Bertz CT molecular complexity index is 583. The molecule has 0 spiro atoms. The lowest BCUT2D eigenvalue weighted by molar-refractivity contribution is -0.155. The van der Waals surface area contributed by atoms with Crippen molar-refractivity contribution in [1.82, 2.24) is 4.90 Å². The minimum atomic E-state index is -4.04. The maximum Gasteiger partial charge on any atom is 0.478 e. The van der Waals surface area contributed by atoms with Crippen LogP contribution in [-0.2, 0) is 32.4 Å². The van der Waals surface area contributed by atoms with Crippen LogP contribution in [0.25, 0.3) is 0 Å². The van der Waals surface area contributed by atoms with Gasteiger partial charge in [0.05, 0.1) is 24.2 Å². The summed E-state index contributed by atoms with van der Waals surface area (Å²) in [7, 11) is -4.04. The Morgan fingerprint density at radius 3 is 1.77 bits per heavy atom. The number of phosphoric ester groups is 1. The molecule has 0 aromatic heterocycles. The molecule has 0 atom stereocenters. The van der Waals surface area contributed by atoms with Gasteiger partial charge in [0.25, 0.3) is 0 Å². The van der Waals surface area contributed by atoms with Crippen molar-refractivity contribution in [1.29, 1.82) is 0 Å². The van der Waals surface area contributed by atoms with Gasteiger partial charge in [-0.2, -0.15) is 0 Å². The molecule has 0 unspecified atom stereocenters. The number of amides is 1. The van der Waals surface area contributed by atoms with Crippen LogP contribution in [0, 0.1) is 0 Å². The zero-order valence-corrected chi connectivity index (χ0v) is 20.5. The molecule has 0 saturated carbocycles. The van der Waals surface area contributed by atoms with E-state index < -0.39 is 43.5 Å². The van der Waals surface area contributed by atoms with Gasteiger partial charge in [-0.1, -0.05) is 0 Å². The molecule has 0 aromatic carbocycles. The van der Waals surface area contributed by atoms with Crippen LogP contribution in [0.5, 0.6) is 0 Å². The first-order valence-electron chi connectivity index (χ1n) is 9.76. The number of hydrogen-bond donors (Lipinski definition) is 1. The fourth-order valence-electron chi connectivity index (χ4n) is 2.01. The molecule has 0 aliphatic heterocycles. The molecule has 0 aliphatic carbocycles. The Morgan fingerprint density at radius 2 is 1.37 bits per heavy atom. The molecule has 0 heterocycles. The number of aliphatic hydroxyl groups excluding tert-OH is 1. The highest BCUT2D eigenvalue weighted by atomic mass is 31.2. The van der Waals surface area contributed by atoms with Crippen molar-refractivity contribution in [2.24, 2.45) is 0 Å². The molecule has 1 amide bonds. The Kier molecular flexibility index (Phi) is 11.0.